The van der Waals surface area contributed by atoms with Crippen LogP contribution in [-0.4, -0.2) is 13.2 Å². The minimum atomic E-state index is -3.47. The first-order valence-electron chi connectivity index (χ1n) is 3.86. The summed E-state index contributed by atoms with van der Waals surface area (Å²) in [5.41, 5.74) is 0. The molecule has 0 heterocycles. The first kappa shape index (κ1) is 11.6. The van der Waals surface area contributed by atoms with Crippen molar-refractivity contribution in [3.8, 4) is 0 Å². The summed E-state index contributed by atoms with van der Waals surface area (Å²) in [7, 11) is -3.47. The molecule has 0 aromatic rings. The van der Waals surface area contributed by atoms with E-state index in [4.69, 9.17) is 5.14 Å². The van der Waals surface area contributed by atoms with Crippen molar-refractivity contribution >= 4 is 10.0 Å². The van der Waals surface area contributed by atoms with Gasteiger partial charge in [-0.25, -0.2) is 13.6 Å². The first-order valence-corrected chi connectivity index (χ1v) is 5.41. The molecule has 12 heavy (non-hydrogen) atoms. The fraction of sp³-hybridized carbons (Fsp3) is 0.750. The summed E-state index contributed by atoms with van der Waals surface area (Å²) in [6.07, 6.45) is 2.36. The van der Waals surface area contributed by atoms with Gasteiger partial charge in [-0.15, -0.1) is 6.58 Å². The SMILES string of the molecule is C=CC[C@H](C)C(C)(C)S(N)(=O)=O. The van der Waals surface area contributed by atoms with Crippen LogP contribution < -0.4 is 5.14 Å². The molecule has 0 rings (SSSR count). The van der Waals surface area contributed by atoms with Crippen LogP contribution in [0.4, 0.5) is 0 Å². The number of nitrogens with two attached hydrogens (primary N) is 1. The predicted molar refractivity (Wildman–Crippen MR) is 51.2 cm³/mol. The van der Waals surface area contributed by atoms with Gasteiger partial charge in [0.15, 0.2) is 0 Å². The van der Waals surface area contributed by atoms with Gasteiger partial charge in [0.25, 0.3) is 0 Å². The highest BCUT2D eigenvalue weighted by Gasteiger charge is 2.36. The van der Waals surface area contributed by atoms with Crippen LogP contribution in [0.2, 0.25) is 0 Å². The molecule has 0 amide bonds. The Kier molecular flexibility index (Phi) is 3.47. The highest BCUT2D eigenvalue weighted by Crippen LogP contribution is 2.26. The van der Waals surface area contributed by atoms with E-state index in [0.717, 1.165) is 0 Å². The van der Waals surface area contributed by atoms with Gasteiger partial charge in [-0.3, -0.25) is 0 Å². The molecule has 0 aliphatic heterocycles. The zero-order valence-corrected chi connectivity index (χ0v) is 8.69. The molecule has 4 heteroatoms. The van der Waals surface area contributed by atoms with E-state index in [9.17, 15) is 8.42 Å². The molecule has 0 aliphatic carbocycles. The molecule has 0 bridgehead atoms. The van der Waals surface area contributed by atoms with Gasteiger partial charge in [-0.1, -0.05) is 13.0 Å². The highest BCUT2D eigenvalue weighted by molar-refractivity contribution is 7.90. The minimum absolute atomic E-state index is 0.00926. The second kappa shape index (κ2) is 3.58. The standard InChI is InChI=1S/C8H17NO2S/c1-5-6-7(2)8(3,4)12(9,10)11/h5,7H,1,6H2,2-4H3,(H2,9,10,11)/t7-/m0/s1. The third kappa shape index (κ3) is 2.32. The van der Waals surface area contributed by atoms with Crippen LogP contribution in [0.3, 0.4) is 0 Å². The van der Waals surface area contributed by atoms with Crippen molar-refractivity contribution in [2.45, 2.75) is 31.9 Å². The third-order valence-electron chi connectivity index (χ3n) is 2.44. The number of hydrogen-bond donors (Lipinski definition) is 1. The Morgan fingerprint density at radius 3 is 2.25 bits per heavy atom. The molecule has 0 aromatic carbocycles. The van der Waals surface area contributed by atoms with Crippen LogP contribution in [0, 0.1) is 5.92 Å². The number of sulfonamides is 1. The van der Waals surface area contributed by atoms with Crippen LogP contribution in [0.1, 0.15) is 27.2 Å². The summed E-state index contributed by atoms with van der Waals surface area (Å²) < 4.78 is 21.4. The molecule has 0 radical (unpaired) electrons. The Morgan fingerprint density at radius 2 is 2.00 bits per heavy atom. The summed E-state index contributed by atoms with van der Waals surface area (Å²) >= 11 is 0. The second-order valence-electron chi connectivity index (χ2n) is 3.57. The average Bonchev–Trinajstić information content (AvgIpc) is 1.85. The fourth-order valence-corrected chi connectivity index (χ4v) is 1.47. The maximum absolute atomic E-state index is 11.1. The van der Waals surface area contributed by atoms with E-state index in [1.807, 2.05) is 6.92 Å². The van der Waals surface area contributed by atoms with Crippen molar-refractivity contribution in [2.24, 2.45) is 11.1 Å². The summed E-state index contributed by atoms with van der Waals surface area (Å²) in [5.74, 6) is -0.00926. The molecule has 3 nitrogen and oxygen atoms in total. The van der Waals surface area contributed by atoms with Crippen LogP contribution in [0.15, 0.2) is 12.7 Å². The second-order valence-corrected chi connectivity index (χ2v) is 5.72. The monoisotopic (exact) mass is 191 g/mol. The lowest BCUT2D eigenvalue weighted by atomic mass is 9.94. The maximum Gasteiger partial charge on any atom is 0.214 e. The van der Waals surface area contributed by atoms with E-state index in [1.54, 1.807) is 19.9 Å². The molecule has 1 atom stereocenters. The molecule has 0 spiro atoms. The van der Waals surface area contributed by atoms with Gasteiger partial charge in [0, 0.05) is 0 Å². The Labute approximate surface area is 74.7 Å². The van der Waals surface area contributed by atoms with E-state index in [0.29, 0.717) is 6.42 Å². The number of rotatable bonds is 4. The fourth-order valence-electron chi connectivity index (χ4n) is 0.814. The maximum atomic E-state index is 11.1. The zero-order valence-electron chi connectivity index (χ0n) is 7.87. The van der Waals surface area contributed by atoms with Gasteiger partial charge in [0.1, 0.15) is 0 Å². The number of primary sulfonamides is 1. The van der Waals surface area contributed by atoms with E-state index in [1.165, 1.54) is 0 Å². The number of allylic oxidation sites excluding steroid dienone is 1. The lowest BCUT2D eigenvalue weighted by Crippen LogP contribution is -2.43. The minimum Gasteiger partial charge on any atom is -0.228 e. The molecular formula is C8H17NO2S. The highest BCUT2D eigenvalue weighted by atomic mass is 32.2. The summed E-state index contributed by atoms with van der Waals surface area (Å²) in [6.45, 7) is 8.68. The molecule has 0 aromatic heterocycles. The molecule has 0 saturated heterocycles. The third-order valence-corrected chi connectivity index (χ3v) is 4.31. The van der Waals surface area contributed by atoms with Gasteiger partial charge < -0.3 is 0 Å². The van der Waals surface area contributed by atoms with Crippen molar-refractivity contribution < 1.29 is 8.42 Å². The smallest absolute Gasteiger partial charge is 0.214 e. The van der Waals surface area contributed by atoms with E-state index in [-0.39, 0.29) is 5.92 Å². The van der Waals surface area contributed by atoms with Gasteiger partial charge in [0.05, 0.1) is 4.75 Å². The largest absolute Gasteiger partial charge is 0.228 e. The first-order chi connectivity index (χ1) is 5.23. The summed E-state index contributed by atoms with van der Waals surface area (Å²) in [4.78, 5) is 0. The van der Waals surface area contributed by atoms with Crippen molar-refractivity contribution in [1.29, 1.82) is 0 Å². The zero-order chi connectivity index (χ0) is 9.99. The van der Waals surface area contributed by atoms with Crippen LogP contribution in [0.25, 0.3) is 0 Å². The molecule has 2 N–H and O–H groups in total. The summed E-state index contributed by atoms with van der Waals surface area (Å²) in [5, 5.41) is 5.08. The van der Waals surface area contributed by atoms with Gasteiger partial charge >= 0.3 is 0 Å². The summed E-state index contributed by atoms with van der Waals surface area (Å²) in [6, 6.07) is 0. The molecule has 0 fully saturated rings. The molecule has 72 valence electrons. The Morgan fingerprint density at radius 1 is 1.58 bits per heavy atom. The van der Waals surface area contributed by atoms with E-state index in [2.05, 4.69) is 6.58 Å². The Bertz CT molecular complexity index is 254. The van der Waals surface area contributed by atoms with E-state index < -0.39 is 14.8 Å². The van der Waals surface area contributed by atoms with Crippen molar-refractivity contribution in [3.05, 3.63) is 12.7 Å². The quantitative estimate of drug-likeness (QED) is 0.680. The molecule has 0 saturated carbocycles. The van der Waals surface area contributed by atoms with Gasteiger partial charge in [-0.2, -0.15) is 0 Å². The molecule has 0 unspecified atom stereocenters. The normalized spacial score (nSPS) is 15.7. The Balaban J connectivity index is 4.73. The van der Waals surface area contributed by atoms with Crippen molar-refractivity contribution in [1.82, 2.24) is 0 Å². The van der Waals surface area contributed by atoms with Crippen LogP contribution in [-0.2, 0) is 10.0 Å². The van der Waals surface area contributed by atoms with Gasteiger partial charge in [-0.05, 0) is 26.2 Å². The number of hydrogen-bond acceptors (Lipinski definition) is 2. The topological polar surface area (TPSA) is 60.2 Å². The molecule has 0 aliphatic rings. The van der Waals surface area contributed by atoms with Crippen LogP contribution in [0.5, 0.6) is 0 Å². The van der Waals surface area contributed by atoms with E-state index >= 15 is 0 Å². The van der Waals surface area contributed by atoms with Crippen LogP contribution >= 0.6 is 0 Å². The molecular weight excluding hydrogens is 174 g/mol. The van der Waals surface area contributed by atoms with Crippen molar-refractivity contribution in [2.75, 3.05) is 0 Å². The van der Waals surface area contributed by atoms with Gasteiger partial charge in [0.2, 0.25) is 10.0 Å². The average molecular weight is 191 g/mol. The Hall–Kier alpha value is -0.350. The lowest BCUT2D eigenvalue weighted by Gasteiger charge is -2.28. The van der Waals surface area contributed by atoms with Crippen molar-refractivity contribution in [3.63, 3.8) is 0 Å². The predicted octanol–water partition coefficient (Wildman–Crippen LogP) is 1.27. The lowest BCUT2D eigenvalue weighted by molar-refractivity contribution is 0.429.